The van der Waals surface area contributed by atoms with E-state index in [4.69, 9.17) is 0 Å². The lowest BCUT2D eigenvalue weighted by atomic mass is 10.0. The van der Waals surface area contributed by atoms with E-state index in [1.165, 1.54) is 30.2 Å². The molecule has 2 heterocycles. The summed E-state index contributed by atoms with van der Waals surface area (Å²) in [5, 5.41) is 0.882. The van der Waals surface area contributed by atoms with E-state index in [-0.39, 0.29) is 5.91 Å². The molecule has 0 aliphatic carbocycles. The van der Waals surface area contributed by atoms with Gasteiger partial charge in [0.2, 0.25) is 0 Å². The van der Waals surface area contributed by atoms with Crippen molar-refractivity contribution < 1.29 is 4.79 Å². The highest BCUT2D eigenvalue weighted by molar-refractivity contribution is 8.18. The zero-order valence-electron chi connectivity index (χ0n) is 13.2. The Hall–Kier alpha value is -1.55. The molecule has 0 N–H and O–H groups in total. The number of hydrogen-bond donors (Lipinski definition) is 0. The van der Waals surface area contributed by atoms with Crippen LogP contribution in [-0.4, -0.2) is 29.1 Å². The summed E-state index contributed by atoms with van der Waals surface area (Å²) < 4.78 is 0. The van der Waals surface area contributed by atoms with Gasteiger partial charge in [0.05, 0.1) is 4.91 Å². The first-order valence-corrected chi connectivity index (χ1v) is 8.84. The molecule has 4 heteroatoms. The van der Waals surface area contributed by atoms with Crippen molar-refractivity contribution in [1.82, 2.24) is 4.90 Å². The number of hydrogen-bond acceptors (Lipinski definition) is 3. The van der Waals surface area contributed by atoms with Crippen LogP contribution < -0.4 is 0 Å². The van der Waals surface area contributed by atoms with Gasteiger partial charge in [-0.2, -0.15) is 4.99 Å². The van der Waals surface area contributed by atoms with Gasteiger partial charge in [0.1, 0.15) is 0 Å². The molecule has 1 amide bonds. The molecule has 1 fully saturated rings. The van der Waals surface area contributed by atoms with Crippen LogP contribution in [0.4, 0.5) is 0 Å². The van der Waals surface area contributed by atoms with Crippen LogP contribution in [0.5, 0.6) is 0 Å². The van der Waals surface area contributed by atoms with Gasteiger partial charge in [-0.25, -0.2) is 0 Å². The number of aliphatic imine (C=N–C) groups is 1. The lowest BCUT2D eigenvalue weighted by molar-refractivity contribution is -0.113. The second kappa shape index (κ2) is 6.69. The molecule has 1 aromatic rings. The Morgan fingerprint density at radius 3 is 2.82 bits per heavy atom. The molecule has 116 valence electrons. The van der Waals surface area contributed by atoms with Gasteiger partial charge in [0.25, 0.3) is 5.91 Å². The molecule has 3 rings (SSSR count). The van der Waals surface area contributed by atoms with E-state index < -0.39 is 0 Å². The molecular weight excluding hydrogens is 292 g/mol. The number of amidine groups is 1. The van der Waals surface area contributed by atoms with E-state index >= 15 is 0 Å². The molecule has 1 aromatic carbocycles. The maximum atomic E-state index is 12.1. The van der Waals surface area contributed by atoms with Crippen molar-refractivity contribution in [1.29, 1.82) is 0 Å². The molecule has 0 aromatic heterocycles. The number of piperidine rings is 1. The fourth-order valence-electron chi connectivity index (χ4n) is 2.90. The van der Waals surface area contributed by atoms with Crippen LogP contribution in [0.3, 0.4) is 0 Å². The Morgan fingerprint density at radius 1 is 1.36 bits per heavy atom. The predicted molar refractivity (Wildman–Crippen MR) is 93.8 cm³/mol. The Morgan fingerprint density at radius 2 is 2.14 bits per heavy atom. The van der Waals surface area contributed by atoms with Crippen LogP contribution in [-0.2, 0) is 11.2 Å². The number of carbonyl (C=O) groups excluding carboxylic acids is 1. The molecule has 3 nitrogen and oxygen atoms in total. The first-order chi connectivity index (χ1) is 10.7. The van der Waals surface area contributed by atoms with Crippen LogP contribution >= 0.6 is 11.8 Å². The molecule has 2 aliphatic rings. The molecule has 22 heavy (non-hydrogen) atoms. The third-order valence-corrected chi connectivity index (χ3v) is 5.27. The first kappa shape index (κ1) is 15.3. The average Bonchev–Trinajstić information content (AvgIpc) is 2.89. The van der Waals surface area contributed by atoms with Crippen molar-refractivity contribution in [2.24, 2.45) is 10.9 Å². The van der Waals surface area contributed by atoms with Crippen LogP contribution in [0.15, 0.2) is 34.2 Å². The predicted octanol–water partition coefficient (Wildman–Crippen LogP) is 3.95. The minimum atomic E-state index is -0.0993. The van der Waals surface area contributed by atoms with Crippen LogP contribution in [0.1, 0.15) is 37.8 Å². The quantitative estimate of drug-likeness (QED) is 0.775. The molecule has 1 saturated heterocycles. The molecule has 0 bridgehead atoms. The van der Waals surface area contributed by atoms with Gasteiger partial charge in [-0.05, 0) is 54.1 Å². The van der Waals surface area contributed by atoms with E-state index in [1.807, 2.05) is 6.08 Å². The number of thioether (sulfide) groups is 1. The number of benzene rings is 1. The van der Waals surface area contributed by atoms with E-state index in [1.54, 1.807) is 0 Å². The van der Waals surface area contributed by atoms with E-state index in [0.717, 1.165) is 35.1 Å². The summed E-state index contributed by atoms with van der Waals surface area (Å²) >= 11 is 1.52. The first-order valence-electron chi connectivity index (χ1n) is 8.02. The highest BCUT2D eigenvalue weighted by Crippen LogP contribution is 2.32. The topological polar surface area (TPSA) is 32.7 Å². The second-order valence-corrected chi connectivity index (χ2v) is 7.11. The van der Waals surface area contributed by atoms with E-state index in [9.17, 15) is 4.79 Å². The minimum absolute atomic E-state index is 0.0993. The number of likely N-dealkylation sites (tertiary alicyclic amines) is 1. The Kier molecular flexibility index (Phi) is 4.67. The fourth-order valence-corrected chi connectivity index (χ4v) is 3.85. The zero-order chi connectivity index (χ0) is 15.5. The van der Waals surface area contributed by atoms with Crippen molar-refractivity contribution in [3.63, 3.8) is 0 Å². The maximum absolute atomic E-state index is 12.1. The molecule has 0 saturated carbocycles. The summed E-state index contributed by atoms with van der Waals surface area (Å²) in [6.45, 7) is 6.43. The van der Waals surface area contributed by atoms with Crippen LogP contribution in [0.2, 0.25) is 0 Å². The molecule has 1 atom stereocenters. The summed E-state index contributed by atoms with van der Waals surface area (Å²) in [5.74, 6) is 0.583. The van der Waals surface area contributed by atoms with Gasteiger partial charge in [-0.15, -0.1) is 0 Å². The number of nitrogens with zero attached hydrogens (tertiary/aromatic N) is 2. The van der Waals surface area contributed by atoms with Crippen LogP contribution in [0, 0.1) is 5.92 Å². The summed E-state index contributed by atoms with van der Waals surface area (Å²) in [7, 11) is 0. The van der Waals surface area contributed by atoms with E-state index in [0.29, 0.717) is 5.92 Å². The summed E-state index contributed by atoms with van der Waals surface area (Å²) in [6.07, 6.45) is 5.45. The maximum Gasteiger partial charge on any atom is 0.286 e. The van der Waals surface area contributed by atoms with Crippen molar-refractivity contribution in [2.45, 2.75) is 33.1 Å². The SMILES string of the molecule is CCc1ccc(/C=C2/SC(N3CCC[C@H](C)C3)=NC2=O)cc1. The molecule has 0 radical (unpaired) electrons. The van der Waals surface area contributed by atoms with Crippen molar-refractivity contribution >= 4 is 28.9 Å². The Balaban J connectivity index is 1.72. The normalized spacial score (nSPS) is 24.0. The molecular formula is C18H22N2OS. The summed E-state index contributed by atoms with van der Waals surface area (Å²) in [6, 6.07) is 8.37. The Bertz CT molecular complexity index is 618. The van der Waals surface area contributed by atoms with Gasteiger partial charge >= 0.3 is 0 Å². The van der Waals surface area contributed by atoms with Gasteiger partial charge < -0.3 is 4.90 Å². The molecule has 2 aliphatic heterocycles. The van der Waals surface area contributed by atoms with E-state index in [2.05, 4.69) is 48.0 Å². The largest absolute Gasteiger partial charge is 0.351 e. The highest BCUT2D eigenvalue weighted by Gasteiger charge is 2.28. The number of aryl methyl sites for hydroxylation is 1. The van der Waals surface area contributed by atoms with Gasteiger partial charge in [0, 0.05) is 13.1 Å². The van der Waals surface area contributed by atoms with Gasteiger partial charge in [-0.1, -0.05) is 38.1 Å². The van der Waals surface area contributed by atoms with Crippen LogP contribution in [0.25, 0.3) is 6.08 Å². The molecule has 0 unspecified atom stereocenters. The summed E-state index contributed by atoms with van der Waals surface area (Å²) in [5.41, 5.74) is 2.38. The molecule has 0 spiro atoms. The second-order valence-electron chi connectivity index (χ2n) is 6.10. The third-order valence-electron chi connectivity index (χ3n) is 4.22. The Labute approximate surface area is 136 Å². The minimum Gasteiger partial charge on any atom is -0.351 e. The average molecular weight is 314 g/mol. The number of amides is 1. The monoisotopic (exact) mass is 314 g/mol. The van der Waals surface area contributed by atoms with Crippen molar-refractivity contribution in [3.8, 4) is 0 Å². The van der Waals surface area contributed by atoms with Gasteiger partial charge in [0.15, 0.2) is 5.17 Å². The lowest BCUT2D eigenvalue weighted by Gasteiger charge is -2.31. The van der Waals surface area contributed by atoms with Crippen molar-refractivity contribution in [2.75, 3.05) is 13.1 Å². The standard InChI is InChI=1S/C18H22N2OS/c1-3-14-6-8-15(9-7-14)11-16-17(21)19-18(22-16)20-10-4-5-13(2)12-20/h6-9,11,13H,3-5,10,12H2,1-2H3/b16-11+/t13-/m0/s1. The lowest BCUT2D eigenvalue weighted by Crippen LogP contribution is -2.37. The van der Waals surface area contributed by atoms with Crippen molar-refractivity contribution in [3.05, 3.63) is 40.3 Å². The number of rotatable bonds is 2. The van der Waals surface area contributed by atoms with Gasteiger partial charge in [-0.3, -0.25) is 4.79 Å². The number of carbonyl (C=O) groups is 1. The fraction of sp³-hybridized carbons (Fsp3) is 0.444. The zero-order valence-corrected chi connectivity index (χ0v) is 14.0. The third kappa shape index (κ3) is 3.43. The smallest absolute Gasteiger partial charge is 0.286 e. The highest BCUT2D eigenvalue weighted by atomic mass is 32.2. The summed E-state index contributed by atoms with van der Waals surface area (Å²) in [4.78, 5) is 19.4.